The highest BCUT2D eigenvalue weighted by Gasteiger charge is 2.05. The topological polar surface area (TPSA) is 63.4 Å². The largest absolute Gasteiger partial charge is 0.389 e. The molecule has 0 heterocycles. The van der Waals surface area contributed by atoms with Gasteiger partial charge < -0.3 is 5.11 Å². The Kier molecular flexibility index (Phi) is 2.40. The van der Waals surface area contributed by atoms with Gasteiger partial charge in [0.1, 0.15) is 0 Å². The van der Waals surface area contributed by atoms with Gasteiger partial charge in [-0.15, -0.1) is 0 Å². The van der Waals surface area contributed by atoms with Crippen molar-refractivity contribution in [1.29, 1.82) is 0 Å². The number of nitrogens with zero attached hydrogens (tertiary/aromatic N) is 1. The quantitative estimate of drug-likeness (QED) is 0.538. The van der Waals surface area contributed by atoms with Crippen LogP contribution >= 0.6 is 0 Å². The molecule has 1 N–H and O–H groups in total. The summed E-state index contributed by atoms with van der Waals surface area (Å²) < 4.78 is 0. The van der Waals surface area contributed by atoms with E-state index in [0.29, 0.717) is 5.56 Å². The Morgan fingerprint density at radius 1 is 1.42 bits per heavy atom. The Hall–Kier alpha value is -1.42. The van der Waals surface area contributed by atoms with Crippen LogP contribution < -0.4 is 0 Å². The monoisotopic (exact) mass is 167 g/mol. The first-order valence-corrected chi connectivity index (χ1v) is 3.53. The number of nitro benzene ring substituents is 1. The maximum atomic E-state index is 10.2. The lowest BCUT2D eigenvalue weighted by atomic mass is 10.1. The van der Waals surface area contributed by atoms with Gasteiger partial charge in [-0.2, -0.15) is 0 Å². The Bertz CT molecular complexity index is 279. The summed E-state index contributed by atoms with van der Waals surface area (Å²) in [6.45, 7) is 1.61. The van der Waals surface area contributed by atoms with Crippen LogP contribution in [0.5, 0.6) is 0 Å². The van der Waals surface area contributed by atoms with Crippen LogP contribution in [0.25, 0.3) is 0 Å². The fourth-order valence-corrected chi connectivity index (χ4v) is 0.875. The van der Waals surface area contributed by atoms with Gasteiger partial charge in [0.2, 0.25) is 0 Å². The molecule has 1 unspecified atom stereocenters. The van der Waals surface area contributed by atoms with E-state index in [1.54, 1.807) is 19.1 Å². The van der Waals surface area contributed by atoms with Crippen molar-refractivity contribution in [1.82, 2.24) is 0 Å². The first kappa shape index (κ1) is 8.67. The van der Waals surface area contributed by atoms with Gasteiger partial charge in [-0.05, 0) is 24.6 Å². The molecular weight excluding hydrogens is 158 g/mol. The van der Waals surface area contributed by atoms with Crippen molar-refractivity contribution in [3.63, 3.8) is 0 Å². The van der Waals surface area contributed by atoms with Gasteiger partial charge in [-0.1, -0.05) is 0 Å². The van der Waals surface area contributed by atoms with E-state index in [1.807, 2.05) is 0 Å². The third-order valence-electron chi connectivity index (χ3n) is 1.59. The summed E-state index contributed by atoms with van der Waals surface area (Å²) in [5, 5.41) is 19.3. The first-order valence-electron chi connectivity index (χ1n) is 3.53. The molecule has 0 radical (unpaired) electrons. The maximum absolute atomic E-state index is 10.2. The van der Waals surface area contributed by atoms with Crippen molar-refractivity contribution in [2.24, 2.45) is 0 Å². The van der Waals surface area contributed by atoms with Gasteiger partial charge in [0.25, 0.3) is 5.69 Å². The summed E-state index contributed by atoms with van der Waals surface area (Å²) in [6, 6.07) is 5.84. The highest BCUT2D eigenvalue weighted by Crippen LogP contribution is 2.16. The number of aliphatic hydroxyl groups is 1. The van der Waals surface area contributed by atoms with Crippen LogP contribution in [0.4, 0.5) is 5.69 Å². The van der Waals surface area contributed by atoms with E-state index in [0.717, 1.165) is 0 Å². The molecular formula is C8H9NO3. The molecule has 4 nitrogen and oxygen atoms in total. The molecule has 0 saturated carbocycles. The molecule has 0 aromatic heterocycles. The number of benzene rings is 1. The standard InChI is InChI=1S/C8H9NO3/c1-6(10)7-2-4-8(5-3-7)9(11)12/h2-6,10H,1H3. The average Bonchev–Trinajstić information content (AvgIpc) is 2.04. The van der Waals surface area contributed by atoms with E-state index >= 15 is 0 Å². The Balaban J connectivity index is 2.93. The van der Waals surface area contributed by atoms with Gasteiger partial charge in [0.05, 0.1) is 11.0 Å². The number of nitro groups is 1. The molecule has 0 spiro atoms. The lowest BCUT2D eigenvalue weighted by Crippen LogP contribution is -1.92. The molecule has 0 saturated heterocycles. The number of non-ortho nitro benzene ring substituents is 1. The van der Waals surface area contributed by atoms with Crippen LogP contribution in [0.3, 0.4) is 0 Å². The molecule has 1 atom stereocenters. The average molecular weight is 167 g/mol. The second-order valence-electron chi connectivity index (χ2n) is 2.52. The third kappa shape index (κ3) is 1.79. The molecule has 0 bridgehead atoms. The molecule has 12 heavy (non-hydrogen) atoms. The molecule has 0 aliphatic rings. The molecule has 4 heteroatoms. The molecule has 0 aliphatic carbocycles. The van der Waals surface area contributed by atoms with Crippen molar-refractivity contribution in [2.45, 2.75) is 13.0 Å². The summed E-state index contributed by atoms with van der Waals surface area (Å²) in [5.41, 5.74) is 0.722. The molecule has 0 fully saturated rings. The zero-order chi connectivity index (χ0) is 9.14. The molecule has 1 aromatic rings. The lowest BCUT2D eigenvalue weighted by Gasteiger charge is -2.02. The Labute approximate surface area is 69.6 Å². The molecule has 1 aromatic carbocycles. The second-order valence-corrected chi connectivity index (χ2v) is 2.52. The normalized spacial score (nSPS) is 12.5. The smallest absolute Gasteiger partial charge is 0.269 e. The van der Waals surface area contributed by atoms with Gasteiger partial charge in [-0.3, -0.25) is 10.1 Å². The van der Waals surface area contributed by atoms with Crippen molar-refractivity contribution in [3.8, 4) is 0 Å². The summed E-state index contributed by atoms with van der Waals surface area (Å²) in [4.78, 5) is 9.76. The number of rotatable bonds is 2. The van der Waals surface area contributed by atoms with Crippen molar-refractivity contribution >= 4 is 5.69 Å². The molecule has 0 aliphatic heterocycles. The van der Waals surface area contributed by atoms with Gasteiger partial charge in [-0.25, -0.2) is 0 Å². The predicted octanol–water partition coefficient (Wildman–Crippen LogP) is 1.65. The van der Waals surface area contributed by atoms with Crippen molar-refractivity contribution in [2.75, 3.05) is 0 Å². The minimum absolute atomic E-state index is 0.0411. The van der Waals surface area contributed by atoms with Crippen LogP contribution in [0, 0.1) is 10.1 Å². The zero-order valence-electron chi connectivity index (χ0n) is 6.60. The minimum Gasteiger partial charge on any atom is -0.389 e. The Morgan fingerprint density at radius 3 is 2.25 bits per heavy atom. The Morgan fingerprint density at radius 2 is 1.92 bits per heavy atom. The van der Waals surface area contributed by atoms with Gasteiger partial charge >= 0.3 is 0 Å². The molecule has 0 amide bonds. The van der Waals surface area contributed by atoms with Crippen LogP contribution in [0.1, 0.15) is 18.6 Å². The predicted molar refractivity (Wildman–Crippen MR) is 43.7 cm³/mol. The minimum atomic E-state index is -0.578. The SMILES string of the molecule is CC(O)c1ccc([N+](=O)[O-])cc1. The fourth-order valence-electron chi connectivity index (χ4n) is 0.875. The summed E-state index contributed by atoms with van der Waals surface area (Å²) in [6.07, 6.45) is -0.578. The van der Waals surface area contributed by atoms with Crippen molar-refractivity contribution in [3.05, 3.63) is 39.9 Å². The molecule has 64 valence electrons. The zero-order valence-corrected chi connectivity index (χ0v) is 6.60. The van der Waals surface area contributed by atoms with E-state index in [1.165, 1.54) is 12.1 Å². The van der Waals surface area contributed by atoms with E-state index < -0.39 is 11.0 Å². The van der Waals surface area contributed by atoms with Crippen LogP contribution in [-0.2, 0) is 0 Å². The van der Waals surface area contributed by atoms with Gasteiger partial charge in [0.15, 0.2) is 0 Å². The van der Waals surface area contributed by atoms with Crippen LogP contribution in [0.15, 0.2) is 24.3 Å². The first-order chi connectivity index (χ1) is 5.61. The second kappa shape index (κ2) is 3.32. The van der Waals surface area contributed by atoms with E-state index in [2.05, 4.69) is 0 Å². The van der Waals surface area contributed by atoms with Crippen LogP contribution in [-0.4, -0.2) is 10.0 Å². The third-order valence-corrected chi connectivity index (χ3v) is 1.59. The summed E-state index contributed by atoms with van der Waals surface area (Å²) in [5.74, 6) is 0. The van der Waals surface area contributed by atoms with E-state index in [4.69, 9.17) is 5.11 Å². The van der Waals surface area contributed by atoms with E-state index in [9.17, 15) is 10.1 Å². The summed E-state index contributed by atoms with van der Waals surface area (Å²) >= 11 is 0. The lowest BCUT2D eigenvalue weighted by molar-refractivity contribution is -0.384. The fraction of sp³-hybridized carbons (Fsp3) is 0.250. The van der Waals surface area contributed by atoms with Gasteiger partial charge in [0, 0.05) is 12.1 Å². The number of hydrogen-bond donors (Lipinski definition) is 1. The highest BCUT2D eigenvalue weighted by molar-refractivity contribution is 5.33. The maximum Gasteiger partial charge on any atom is 0.269 e. The summed E-state index contributed by atoms with van der Waals surface area (Å²) in [7, 11) is 0. The molecule has 1 rings (SSSR count). The number of aliphatic hydroxyl groups excluding tert-OH is 1. The van der Waals surface area contributed by atoms with E-state index in [-0.39, 0.29) is 5.69 Å². The van der Waals surface area contributed by atoms with Crippen LogP contribution in [0.2, 0.25) is 0 Å². The highest BCUT2D eigenvalue weighted by atomic mass is 16.6. The number of hydrogen-bond acceptors (Lipinski definition) is 3. The van der Waals surface area contributed by atoms with Crippen molar-refractivity contribution < 1.29 is 10.0 Å².